The van der Waals surface area contributed by atoms with Crippen molar-refractivity contribution in [3.8, 4) is 5.69 Å². The van der Waals surface area contributed by atoms with E-state index in [-0.39, 0.29) is 0 Å². The molecule has 0 atom stereocenters. The zero-order chi connectivity index (χ0) is 30.0. The second kappa shape index (κ2) is 11.5. The first kappa shape index (κ1) is 26.5. The van der Waals surface area contributed by atoms with Crippen LogP contribution in [0.1, 0.15) is 0 Å². The molecule has 0 spiro atoms. The number of benzene rings is 6. The summed E-state index contributed by atoms with van der Waals surface area (Å²) in [6.45, 7) is 0. The molecule has 8 rings (SSSR count). The standard InChI is InChI=1S/C41H30N4/c1-5-16-31(17-6-1)43(32-18-7-2-8-19-32)35-28-36(44(33-20-9-3-10-21-33)34-22-11-4-12-23-34)30-37(29-35)45-40-26-14-13-24-38(40)39-25-15-27-42-41(39)45/h1-30H. The Morgan fingerprint density at radius 3 is 1.29 bits per heavy atom. The number of fused-ring (bicyclic) bond motifs is 3. The fourth-order valence-electron chi connectivity index (χ4n) is 6.23. The summed E-state index contributed by atoms with van der Waals surface area (Å²) < 4.78 is 2.29. The first-order valence-corrected chi connectivity index (χ1v) is 15.2. The second-order valence-electron chi connectivity index (χ2n) is 10.9. The van der Waals surface area contributed by atoms with Gasteiger partial charge in [0.2, 0.25) is 0 Å². The second-order valence-corrected chi connectivity index (χ2v) is 10.9. The summed E-state index contributed by atoms with van der Waals surface area (Å²) in [5.41, 5.74) is 9.48. The lowest BCUT2D eigenvalue weighted by Gasteiger charge is -2.30. The lowest BCUT2D eigenvalue weighted by molar-refractivity contribution is 1.12. The molecule has 0 saturated heterocycles. The van der Waals surface area contributed by atoms with E-state index in [4.69, 9.17) is 4.98 Å². The topological polar surface area (TPSA) is 24.3 Å². The van der Waals surface area contributed by atoms with Crippen LogP contribution in [-0.2, 0) is 0 Å². The largest absolute Gasteiger partial charge is 0.310 e. The summed E-state index contributed by atoms with van der Waals surface area (Å²) in [6.07, 6.45) is 1.88. The van der Waals surface area contributed by atoms with Crippen molar-refractivity contribution in [2.75, 3.05) is 9.80 Å². The lowest BCUT2D eigenvalue weighted by atomic mass is 10.1. The van der Waals surface area contributed by atoms with Gasteiger partial charge in [-0.05, 0) is 84.9 Å². The quantitative estimate of drug-likeness (QED) is 0.188. The van der Waals surface area contributed by atoms with Gasteiger partial charge in [0, 0.05) is 39.7 Å². The molecule has 0 aliphatic rings. The minimum atomic E-state index is 0.929. The third-order valence-corrected chi connectivity index (χ3v) is 8.15. The summed E-state index contributed by atoms with van der Waals surface area (Å²) in [7, 11) is 0. The van der Waals surface area contributed by atoms with Crippen LogP contribution in [0.25, 0.3) is 27.6 Å². The lowest BCUT2D eigenvalue weighted by Crippen LogP contribution is -2.14. The van der Waals surface area contributed by atoms with Gasteiger partial charge in [-0.25, -0.2) is 4.98 Å². The maximum atomic E-state index is 4.91. The van der Waals surface area contributed by atoms with Crippen molar-refractivity contribution < 1.29 is 0 Å². The minimum absolute atomic E-state index is 0.929. The summed E-state index contributed by atoms with van der Waals surface area (Å²) in [5, 5.41) is 2.31. The predicted molar refractivity (Wildman–Crippen MR) is 188 cm³/mol. The number of anilines is 6. The Balaban J connectivity index is 1.46. The van der Waals surface area contributed by atoms with Gasteiger partial charge < -0.3 is 9.80 Å². The van der Waals surface area contributed by atoms with Gasteiger partial charge in [0.05, 0.1) is 22.6 Å². The fraction of sp³-hybridized carbons (Fsp3) is 0. The molecule has 0 aliphatic carbocycles. The fourth-order valence-corrected chi connectivity index (χ4v) is 6.23. The van der Waals surface area contributed by atoms with Crippen LogP contribution in [0.2, 0.25) is 0 Å². The predicted octanol–water partition coefficient (Wildman–Crippen LogP) is 11.1. The van der Waals surface area contributed by atoms with Crippen LogP contribution in [-0.4, -0.2) is 9.55 Å². The molecule has 2 heterocycles. The van der Waals surface area contributed by atoms with E-state index in [0.29, 0.717) is 0 Å². The summed E-state index contributed by atoms with van der Waals surface area (Å²) in [5.74, 6) is 0. The van der Waals surface area contributed by atoms with Crippen molar-refractivity contribution in [1.29, 1.82) is 0 Å². The molecule has 6 aromatic carbocycles. The van der Waals surface area contributed by atoms with Crippen molar-refractivity contribution in [3.05, 3.63) is 182 Å². The third-order valence-electron chi connectivity index (χ3n) is 8.15. The van der Waals surface area contributed by atoms with Crippen molar-refractivity contribution >= 4 is 56.1 Å². The molecule has 45 heavy (non-hydrogen) atoms. The molecule has 214 valence electrons. The Morgan fingerprint density at radius 1 is 0.378 bits per heavy atom. The maximum Gasteiger partial charge on any atom is 0.145 e. The van der Waals surface area contributed by atoms with Crippen LogP contribution in [0.4, 0.5) is 34.1 Å². The number of nitrogens with zero attached hydrogens (tertiary/aromatic N) is 4. The number of rotatable bonds is 7. The van der Waals surface area contributed by atoms with E-state index < -0.39 is 0 Å². The normalized spacial score (nSPS) is 11.1. The third kappa shape index (κ3) is 4.89. The zero-order valence-electron chi connectivity index (χ0n) is 24.6. The SMILES string of the molecule is c1ccc(N(c2ccccc2)c2cc(N(c3ccccc3)c3ccccc3)cc(-n3c4ccccc4c4cccnc43)c2)cc1. The van der Waals surface area contributed by atoms with Gasteiger partial charge in [-0.2, -0.15) is 0 Å². The van der Waals surface area contributed by atoms with Crippen molar-refractivity contribution in [2.24, 2.45) is 0 Å². The van der Waals surface area contributed by atoms with E-state index in [1.807, 2.05) is 12.3 Å². The van der Waals surface area contributed by atoms with E-state index >= 15 is 0 Å². The molecule has 0 aliphatic heterocycles. The van der Waals surface area contributed by atoms with Crippen LogP contribution < -0.4 is 9.80 Å². The van der Waals surface area contributed by atoms with Crippen LogP contribution in [0, 0.1) is 0 Å². The van der Waals surface area contributed by atoms with Gasteiger partial charge in [0.15, 0.2) is 0 Å². The van der Waals surface area contributed by atoms with Gasteiger partial charge >= 0.3 is 0 Å². The first-order valence-electron chi connectivity index (χ1n) is 15.2. The first-order chi connectivity index (χ1) is 22.3. The molecule has 0 amide bonds. The molecular formula is C41H30N4. The zero-order valence-corrected chi connectivity index (χ0v) is 24.6. The average molecular weight is 579 g/mol. The van der Waals surface area contributed by atoms with Gasteiger partial charge in [-0.1, -0.05) is 91.0 Å². The smallest absolute Gasteiger partial charge is 0.145 e. The van der Waals surface area contributed by atoms with Crippen LogP contribution >= 0.6 is 0 Å². The summed E-state index contributed by atoms with van der Waals surface area (Å²) in [6, 6.07) is 61.8. The molecule has 0 N–H and O–H groups in total. The van der Waals surface area contributed by atoms with Crippen molar-refractivity contribution in [3.63, 3.8) is 0 Å². The van der Waals surface area contributed by atoms with Gasteiger partial charge in [-0.15, -0.1) is 0 Å². The molecule has 4 nitrogen and oxygen atoms in total. The van der Waals surface area contributed by atoms with Gasteiger partial charge in [0.1, 0.15) is 5.65 Å². The monoisotopic (exact) mass is 578 g/mol. The Hall–Kier alpha value is -6.13. The summed E-state index contributed by atoms with van der Waals surface area (Å²) in [4.78, 5) is 9.56. The minimum Gasteiger partial charge on any atom is -0.310 e. The molecule has 0 radical (unpaired) electrons. The Bertz CT molecular complexity index is 1980. The number of pyridine rings is 1. The Kier molecular flexibility index (Phi) is 6.78. The number of para-hydroxylation sites is 5. The van der Waals surface area contributed by atoms with Crippen molar-refractivity contribution in [2.45, 2.75) is 0 Å². The van der Waals surface area contributed by atoms with Crippen LogP contribution in [0.5, 0.6) is 0 Å². The Morgan fingerprint density at radius 2 is 0.800 bits per heavy atom. The molecule has 0 saturated carbocycles. The molecule has 2 aromatic heterocycles. The highest BCUT2D eigenvalue weighted by atomic mass is 15.2. The van der Waals surface area contributed by atoms with Crippen molar-refractivity contribution in [1.82, 2.24) is 9.55 Å². The van der Waals surface area contributed by atoms with Crippen LogP contribution in [0.15, 0.2) is 182 Å². The van der Waals surface area contributed by atoms with E-state index in [1.54, 1.807) is 0 Å². The molecule has 4 heteroatoms. The summed E-state index contributed by atoms with van der Waals surface area (Å²) >= 11 is 0. The number of hydrogen-bond donors (Lipinski definition) is 0. The van der Waals surface area contributed by atoms with E-state index in [0.717, 1.165) is 56.4 Å². The average Bonchev–Trinajstić information content (AvgIpc) is 3.45. The highest BCUT2D eigenvalue weighted by Gasteiger charge is 2.21. The van der Waals surface area contributed by atoms with E-state index in [2.05, 4.69) is 184 Å². The van der Waals surface area contributed by atoms with Gasteiger partial charge in [-0.3, -0.25) is 4.57 Å². The number of aromatic nitrogens is 2. The Labute approximate surface area is 262 Å². The molecule has 8 aromatic rings. The van der Waals surface area contributed by atoms with E-state index in [9.17, 15) is 0 Å². The highest BCUT2D eigenvalue weighted by molar-refractivity contribution is 6.08. The van der Waals surface area contributed by atoms with E-state index in [1.165, 1.54) is 5.39 Å². The molecular weight excluding hydrogens is 548 g/mol. The molecule has 0 unspecified atom stereocenters. The molecule has 0 bridgehead atoms. The highest BCUT2D eigenvalue weighted by Crippen LogP contribution is 2.43. The number of hydrogen-bond acceptors (Lipinski definition) is 3. The molecule has 0 fully saturated rings. The van der Waals surface area contributed by atoms with Gasteiger partial charge in [0.25, 0.3) is 0 Å². The maximum absolute atomic E-state index is 4.91. The van der Waals surface area contributed by atoms with Crippen LogP contribution in [0.3, 0.4) is 0 Å².